The minimum absolute atomic E-state index is 0.703. The van der Waals surface area contributed by atoms with E-state index in [1.807, 2.05) is 0 Å². The summed E-state index contributed by atoms with van der Waals surface area (Å²) in [7, 11) is 0. The maximum atomic E-state index is 5.77. The van der Waals surface area contributed by atoms with Crippen LogP contribution in [0.2, 0.25) is 0 Å². The molecule has 0 atom stereocenters. The molecule has 5 nitrogen and oxygen atoms in total. The lowest BCUT2D eigenvalue weighted by Crippen LogP contribution is -2.02. The van der Waals surface area contributed by atoms with Gasteiger partial charge in [-0.1, -0.05) is 133 Å². The normalized spacial score (nSPS) is 12.5. The minimum atomic E-state index is 0.703. The van der Waals surface area contributed by atoms with Crippen LogP contribution in [0.3, 0.4) is 0 Å². The zero-order valence-electron chi connectivity index (χ0n) is 33.0. The van der Waals surface area contributed by atoms with Gasteiger partial charge >= 0.3 is 0 Å². The van der Waals surface area contributed by atoms with E-state index in [0.29, 0.717) is 5.82 Å². The first-order valence-corrected chi connectivity index (χ1v) is 21.9. The molecule has 0 saturated heterocycles. The molecule has 0 N–H and O–H groups in total. The Balaban J connectivity index is 1.13. The summed E-state index contributed by atoms with van der Waals surface area (Å²) in [5.41, 5.74) is 10.4. The summed E-state index contributed by atoms with van der Waals surface area (Å²) in [4.78, 5) is 12.2. The second-order valence-corrected chi connectivity index (χ2v) is 17.5. The predicted octanol–water partition coefficient (Wildman–Crippen LogP) is 15.0. The van der Waals surface area contributed by atoms with Crippen molar-refractivity contribution in [3.8, 4) is 22.9 Å². The zero-order chi connectivity index (χ0) is 40.2. The number of hydrogen-bond acceptors (Lipinski definition) is 3. The Kier molecular flexibility index (Phi) is 6.24. The van der Waals surface area contributed by atoms with Gasteiger partial charge in [-0.05, 0) is 65.4 Å². The number of hydrogen-bond donors (Lipinski definition) is 0. The highest BCUT2D eigenvalue weighted by atomic mass is 32.1. The largest absolute Gasteiger partial charge is 0.309 e. The quantitative estimate of drug-likeness (QED) is 0.178. The molecule has 15 rings (SSSR count). The van der Waals surface area contributed by atoms with Gasteiger partial charge in [-0.15, -0.1) is 11.3 Å². The fourth-order valence-corrected chi connectivity index (χ4v) is 11.9. The van der Waals surface area contributed by atoms with Crippen LogP contribution in [0, 0.1) is 0 Å². The lowest BCUT2D eigenvalue weighted by atomic mass is 9.99. The second-order valence-electron chi connectivity index (χ2n) is 16.5. The molecule has 0 aliphatic carbocycles. The van der Waals surface area contributed by atoms with E-state index in [1.165, 1.54) is 80.6 Å². The summed E-state index contributed by atoms with van der Waals surface area (Å²) in [6, 6.07) is 68.4. The van der Waals surface area contributed by atoms with E-state index in [0.717, 1.165) is 49.2 Å². The standard InChI is InChI=1S/C56H31N5S/c1-2-15-34(16-3-1)59-42-22-10-6-18-36(42)38-28-26-33(30-46(38)59)54-57-55(51-40-21-9-13-25-48(40)62-56(51)58-54)61-45-29-27-32-14-4-5-17-35(32)49(45)52-47(61)31-41-37-19-7-11-23-43(37)60-44-24-12-8-20-39(44)50(52)53(41)60/h1-31H. The molecule has 0 unspecified atom stereocenters. The summed E-state index contributed by atoms with van der Waals surface area (Å²) < 4.78 is 8.51. The molecule has 6 heterocycles. The van der Waals surface area contributed by atoms with Gasteiger partial charge in [0.25, 0.3) is 0 Å². The van der Waals surface area contributed by atoms with Crippen molar-refractivity contribution in [1.29, 1.82) is 0 Å². The molecular formula is C56H31N5S. The molecule has 0 radical (unpaired) electrons. The predicted molar refractivity (Wildman–Crippen MR) is 261 cm³/mol. The molecule has 6 heteroatoms. The summed E-state index contributed by atoms with van der Waals surface area (Å²) >= 11 is 1.74. The smallest absolute Gasteiger partial charge is 0.163 e. The molecule has 0 fully saturated rings. The fourth-order valence-electron chi connectivity index (χ4n) is 10.9. The van der Waals surface area contributed by atoms with Crippen LogP contribution in [0.1, 0.15) is 0 Å². The van der Waals surface area contributed by atoms with Crippen LogP contribution >= 0.6 is 11.3 Å². The van der Waals surface area contributed by atoms with Crippen LogP contribution < -0.4 is 0 Å². The van der Waals surface area contributed by atoms with E-state index >= 15 is 0 Å². The average molecular weight is 806 g/mol. The maximum Gasteiger partial charge on any atom is 0.163 e. The first-order chi connectivity index (χ1) is 30.8. The third-order valence-electron chi connectivity index (χ3n) is 13.4. The van der Waals surface area contributed by atoms with Crippen LogP contribution in [0.25, 0.3) is 136 Å². The second kappa shape index (κ2) is 11.8. The van der Waals surface area contributed by atoms with Gasteiger partial charge in [-0.25, -0.2) is 9.97 Å². The van der Waals surface area contributed by atoms with Crippen LogP contribution in [0.15, 0.2) is 188 Å². The van der Waals surface area contributed by atoms with Crippen molar-refractivity contribution in [1.82, 2.24) is 23.5 Å². The third kappa shape index (κ3) is 4.12. The Labute approximate surface area is 356 Å². The Morgan fingerprint density at radius 3 is 1.87 bits per heavy atom. The lowest BCUT2D eigenvalue weighted by molar-refractivity contribution is 1.08. The highest BCUT2D eigenvalue weighted by Crippen LogP contribution is 2.49. The highest BCUT2D eigenvalue weighted by molar-refractivity contribution is 7.25. The topological polar surface area (TPSA) is 40.0 Å². The summed E-state index contributed by atoms with van der Waals surface area (Å²) in [5.74, 6) is 1.59. The number of thiophene rings is 1. The van der Waals surface area contributed by atoms with Crippen molar-refractivity contribution in [2.75, 3.05) is 0 Å². The fraction of sp³-hybridized carbons (Fsp3) is 0. The van der Waals surface area contributed by atoms with Gasteiger partial charge in [-0.3, -0.25) is 4.57 Å². The lowest BCUT2D eigenvalue weighted by Gasteiger charge is -2.12. The highest BCUT2D eigenvalue weighted by Gasteiger charge is 2.27. The average Bonchev–Trinajstić information content (AvgIpc) is 4.13. The van der Waals surface area contributed by atoms with E-state index in [-0.39, 0.29) is 0 Å². The van der Waals surface area contributed by atoms with E-state index < -0.39 is 0 Å². The van der Waals surface area contributed by atoms with E-state index in [4.69, 9.17) is 9.97 Å². The number of rotatable bonds is 3. The van der Waals surface area contributed by atoms with Crippen molar-refractivity contribution in [3.05, 3.63) is 188 Å². The molecule has 62 heavy (non-hydrogen) atoms. The number of aromatic nitrogens is 5. The van der Waals surface area contributed by atoms with Crippen molar-refractivity contribution in [2.45, 2.75) is 0 Å². The van der Waals surface area contributed by atoms with Gasteiger partial charge in [0.05, 0.1) is 44.0 Å². The Bertz CT molecular complexity index is 4390. The molecule has 0 spiro atoms. The first-order valence-electron chi connectivity index (χ1n) is 21.1. The van der Waals surface area contributed by atoms with Gasteiger partial charge in [-0.2, -0.15) is 0 Å². The van der Waals surface area contributed by atoms with Gasteiger partial charge in [0.1, 0.15) is 4.83 Å². The van der Waals surface area contributed by atoms with E-state index in [2.05, 4.69) is 202 Å². The Morgan fingerprint density at radius 1 is 0.371 bits per heavy atom. The number of nitrogens with zero attached hydrogens (tertiary/aromatic N) is 5. The monoisotopic (exact) mass is 805 g/mol. The SMILES string of the molecule is c1ccc(-n2c3ccccc3c3ccc(-c4nc(-n5c6ccc7ccccc7c6c6c7c8ccccc8n8c9ccccc9c(cc65)c78)c5c(n4)sc4ccccc45)cc32)cc1. The number of para-hydroxylation sites is 4. The zero-order valence-corrected chi connectivity index (χ0v) is 33.9. The molecule has 0 aliphatic heterocycles. The molecule has 0 bridgehead atoms. The summed E-state index contributed by atoms with van der Waals surface area (Å²) in [6.45, 7) is 0. The van der Waals surface area contributed by atoms with E-state index in [1.54, 1.807) is 11.3 Å². The van der Waals surface area contributed by atoms with Gasteiger partial charge in [0.15, 0.2) is 11.6 Å². The molecule has 9 aromatic carbocycles. The minimum Gasteiger partial charge on any atom is -0.309 e. The molecule has 0 saturated carbocycles. The molecule has 0 amide bonds. The van der Waals surface area contributed by atoms with Crippen molar-refractivity contribution >= 4 is 124 Å². The molecule has 286 valence electrons. The van der Waals surface area contributed by atoms with Crippen molar-refractivity contribution < 1.29 is 0 Å². The van der Waals surface area contributed by atoms with Gasteiger partial charge in [0.2, 0.25) is 0 Å². The summed E-state index contributed by atoms with van der Waals surface area (Å²) in [5, 5.41) is 14.6. The molecular weight excluding hydrogens is 775 g/mol. The van der Waals surface area contributed by atoms with Crippen LogP contribution in [0.5, 0.6) is 0 Å². The Hall–Kier alpha value is -8.06. The van der Waals surface area contributed by atoms with Crippen LogP contribution in [-0.2, 0) is 0 Å². The summed E-state index contributed by atoms with van der Waals surface area (Å²) in [6.07, 6.45) is 0. The maximum absolute atomic E-state index is 5.77. The third-order valence-corrected chi connectivity index (χ3v) is 14.4. The van der Waals surface area contributed by atoms with E-state index in [9.17, 15) is 0 Å². The molecule has 6 aromatic heterocycles. The first kappa shape index (κ1) is 32.8. The number of benzene rings is 9. The van der Waals surface area contributed by atoms with Crippen molar-refractivity contribution in [3.63, 3.8) is 0 Å². The van der Waals surface area contributed by atoms with Crippen LogP contribution in [-0.4, -0.2) is 23.5 Å². The van der Waals surface area contributed by atoms with Gasteiger partial charge < -0.3 is 8.97 Å². The van der Waals surface area contributed by atoms with Crippen molar-refractivity contribution in [2.24, 2.45) is 0 Å². The van der Waals surface area contributed by atoms with Crippen LogP contribution in [0.4, 0.5) is 0 Å². The number of fused-ring (bicyclic) bond motifs is 18. The van der Waals surface area contributed by atoms with Gasteiger partial charge in [0, 0.05) is 64.4 Å². The Morgan fingerprint density at radius 2 is 1.03 bits per heavy atom. The molecule has 15 aromatic rings. The molecule has 0 aliphatic rings.